The number of nitrogens with one attached hydrogen (secondary N) is 1. The summed E-state index contributed by atoms with van der Waals surface area (Å²) in [6.45, 7) is 2.87. The predicted octanol–water partition coefficient (Wildman–Crippen LogP) is 3.73. The standard InChI is InChI=1S/C22H22N2O2/c25-15-21-20-8-7-19(12-17(20)6-9-22(21)26)24-11-10-18(14-24)23-13-16-4-2-1-3-5-16/h1-9,12,15,18,23,26H,10-11,13-14H2. The van der Waals surface area contributed by atoms with E-state index in [1.165, 1.54) is 5.56 Å². The number of hydrogen-bond donors (Lipinski definition) is 2. The number of nitrogens with zero attached hydrogens (tertiary/aromatic N) is 1. The van der Waals surface area contributed by atoms with Gasteiger partial charge in [0.05, 0.1) is 5.56 Å². The number of phenolic OH excluding ortho intramolecular Hbond substituents is 1. The maximum absolute atomic E-state index is 11.2. The Labute approximate surface area is 153 Å². The molecule has 1 heterocycles. The molecule has 4 rings (SSSR count). The molecule has 0 bridgehead atoms. The molecule has 4 heteroatoms. The Kier molecular flexibility index (Phi) is 4.59. The number of rotatable bonds is 5. The summed E-state index contributed by atoms with van der Waals surface area (Å²) in [7, 11) is 0. The lowest BCUT2D eigenvalue weighted by Crippen LogP contribution is -2.32. The molecule has 0 radical (unpaired) electrons. The van der Waals surface area contributed by atoms with Crippen LogP contribution in [0.4, 0.5) is 5.69 Å². The van der Waals surface area contributed by atoms with Crippen LogP contribution in [-0.4, -0.2) is 30.5 Å². The quantitative estimate of drug-likeness (QED) is 0.691. The SMILES string of the molecule is O=Cc1c(O)ccc2cc(N3CCC(NCc4ccccc4)C3)ccc12. The van der Waals surface area contributed by atoms with E-state index in [0.29, 0.717) is 11.6 Å². The number of aldehydes is 1. The van der Waals surface area contributed by atoms with Gasteiger partial charge in [0.2, 0.25) is 0 Å². The predicted molar refractivity (Wildman–Crippen MR) is 105 cm³/mol. The average Bonchev–Trinajstić information content (AvgIpc) is 3.16. The van der Waals surface area contributed by atoms with E-state index >= 15 is 0 Å². The van der Waals surface area contributed by atoms with Crippen molar-refractivity contribution in [2.24, 2.45) is 0 Å². The molecule has 2 N–H and O–H groups in total. The highest BCUT2D eigenvalue weighted by Crippen LogP contribution is 2.30. The van der Waals surface area contributed by atoms with Gasteiger partial charge in [0, 0.05) is 31.4 Å². The summed E-state index contributed by atoms with van der Waals surface area (Å²) in [6.07, 6.45) is 1.83. The van der Waals surface area contributed by atoms with Gasteiger partial charge in [-0.25, -0.2) is 0 Å². The number of carbonyl (C=O) groups is 1. The molecule has 1 fully saturated rings. The minimum Gasteiger partial charge on any atom is -0.507 e. The molecule has 1 unspecified atom stereocenters. The summed E-state index contributed by atoms with van der Waals surface area (Å²) in [5.74, 6) is 0.0339. The Morgan fingerprint density at radius 3 is 2.77 bits per heavy atom. The first kappa shape index (κ1) is 16.6. The lowest BCUT2D eigenvalue weighted by atomic mass is 10.0. The minimum atomic E-state index is 0.0339. The molecule has 0 aromatic heterocycles. The van der Waals surface area contributed by atoms with Crippen LogP contribution in [0.3, 0.4) is 0 Å². The third kappa shape index (κ3) is 3.28. The second-order valence-electron chi connectivity index (χ2n) is 6.82. The molecule has 26 heavy (non-hydrogen) atoms. The van der Waals surface area contributed by atoms with E-state index in [1.807, 2.05) is 24.3 Å². The summed E-state index contributed by atoms with van der Waals surface area (Å²) in [5, 5.41) is 15.2. The van der Waals surface area contributed by atoms with Gasteiger partial charge < -0.3 is 15.3 Å². The number of hydrogen-bond acceptors (Lipinski definition) is 4. The van der Waals surface area contributed by atoms with E-state index < -0.39 is 0 Å². The molecule has 1 aliphatic rings. The summed E-state index contributed by atoms with van der Waals surface area (Å²) in [6, 6.07) is 20.4. The topological polar surface area (TPSA) is 52.6 Å². The van der Waals surface area contributed by atoms with Crippen molar-refractivity contribution < 1.29 is 9.90 Å². The van der Waals surface area contributed by atoms with Gasteiger partial charge in [-0.15, -0.1) is 0 Å². The average molecular weight is 346 g/mol. The smallest absolute Gasteiger partial charge is 0.154 e. The van der Waals surface area contributed by atoms with Crippen molar-refractivity contribution in [3.05, 3.63) is 71.8 Å². The molecule has 0 spiro atoms. The molecular weight excluding hydrogens is 324 g/mol. The Morgan fingerprint density at radius 2 is 1.96 bits per heavy atom. The van der Waals surface area contributed by atoms with Crippen molar-refractivity contribution in [1.82, 2.24) is 5.32 Å². The van der Waals surface area contributed by atoms with Crippen LogP contribution in [0.1, 0.15) is 22.3 Å². The van der Waals surface area contributed by atoms with Gasteiger partial charge in [-0.05, 0) is 41.0 Å². The summed E-state index contributed by atoms with van der Waals surface area (Å²) >= 11 is 0. The van der Waals surface area contributed by atoms with Crippen molar-refractivity contribution in [2.75, 3.05) is 18.0 Å². The van der Waals surface area contributed by atoms with Crippen LogP contribution in [0.5, 0.6) is 5.75 Å². The Hall–Kier alpha value is -2.85. The van der Waals surface area contributed by atoms with Gasteiger partial charge in [-0.1, -0.05) is 42.5 Å². The van der Waals surface area contributed by atoms with Crippen molar-refractivity contribution >= 4 is 22.7 Å². The van der Waals surface area contributed by atoms with Gasteiger partial charge in [0.1, 0.15) is 5.75 Å². The first-order chi connectivity index (χ1) is 12.7. The highest BCUT2D eigenvalue weighted by atomic mass is 16.3. The van der Waals surface area contributed by atoms with Crippen LogP contribution in [0.25, 0.3) is 10.8 Å². The van der Waals surface area contributed by atoms with Gasteiger partial charge in [-0.3, -0.25) is 4.79 Å². The van der Waals surface area contributed by atoms with Crippen molar-refractivity contribution in [2.45, 2.75) is 19.0 Å². The number of anilines is 1. The molecule has 1 aliphatic heterocycles. The third-order valence-electron chi connectivity index (χ3n) is 5.13. The van der Waals surface area contributed by atoms with Gasteiger partial charge >= 0.3 is 0 Å². The number of benzene rings is 3. The molecule has 0 amide bonds. The Morgan fingerprint density at radius 1 is 1.12 bits per heavy atom. The monoisotopic (exact) mass is 346 g/mol. The van der Waals surface area contributed by atoms with Crippen LogP contribution in [0, 0.1) is 0 Å². The number of aromatic hydroxyl groups is 1. The van der Waals surface area contributed by atoms with Crippen LogP contribution in [0.15, 0.2) is 60.7 Å². The number of fused-ring (bicyclic) bond motifs is 1. The van der Waals surface area contributed by atoms with Crippen LogP contribution >= 0.6 is 0 Å². The van der Waals surface area contributed by atoms with Crippen molar-refractivity contribution in [1.29, 1.82) is 0 Å². The number of phenols is 1. The summed E-state index contributed by atoms with van der Waals surface area (Å²) in [4.78, 5) is 13.6. The van der Waals surface area contributed by atoms with Crippen LogP contribution in [-0.2, 0) is 6.54 Å². The fourth-order valence-corrected chi connectivity index (χ4v) is 3.67. The van der Waals surface area contributed by atoms with Crippen LogP contribution in [0.2, 0.25) is 0 Å². The molecule has 4 nitrogen and oxygen atoms in total. The molecular formula is C22H22N2O2. The molecule has 0 saturated carbocycles. The normalized spacial score (nSPS) is 16.9. The van der Waals surface area contributed by atoms with Crippen molar-refractivity contribution in [3.63, 3.8) is 0 Å². The van der Waals surface area contributed by atoms with Crippen molar-refractivity contribution in [3.8, 4) is 5.75 Å². The lowest BCUT2D eigenvalue weighted by molar-refractivity contribution is 0.112. The second kappa shape index (κ2) is 7.18. The fourth-order valence-electron chi connectivity index (χ4n) is 3.67. The second-order valence-corrected chi connectivity index (χ2v) is 6.82. The van der Waals surface area contributed by atoms with Crippen LogP contribution < -0.4 is 10.2 Å². The van der Waals surface area contributed by atoms with E-state index in [0.717, 1.165) is 48.8 Å². The Balaban J connectivity index is 1.46. The third-order valence-corrected chi connectivity index (χ3v) is 5.13. The number of carbonyl (C=O) groups excluding carboxylic acids is 1. The van der Waals surface area contributed by atoms with E-state index in [9.17, 15) is 9.90 Å². The van der Waals surface area contributed by atoms with Gasteiger partial charge in [0.15, 0.2) is 6.29 Å². The van der Waals surface area contributed by atoms with Gasteiger partial charge in [0.25, 0.3) is 0 Å². The first-order valence-electron chi connectivity index (χ1n) is 8.98. The van der Waals surface area contributed by atoms with E-state index in [4.69, 9.17) is 0 Å². The Bertz CT molecular complexity index is 924. The highest BCUT2D eigenvalue weighted by molar-refractivity contribution is 6.01. The largest absolute Gasteiger partial charge is 0.507 e. The maximum Gasteiger partial charge on any atom is 0.154 e. The molecule has 1 saturated heterocycles. The first-order valence-corrected chi connectivity index (χ1v) is 8.98. The zero-order valence-electron chi connectivity index (χ0n) is 14.6. The molecule has 0 aliphatic carbocycles. The summed E-state index contributed by atoms with van der Waals surface area (Å²) in [5.41, 5.74) is 2.82. The molecule has 1 atom stereocenters. The zero-order valence-corrected chi connectivity index (χ0v) is 14.6. The zero-order chi connectivity index (χ0) is 17.9. The molecule has 3 aromatic carbocycles. The van der Waals surface area contributed by atoms with E-state index in [2.05, 4.69) is 40.5 Å². The van der Waals surface area contributed by atoms with E-state index in [-0.39, 0.29) is 5.75 Å². The molecule has 3 aromatic rings. The molecule has 132 valence electrons. The van der Waals surface area contributed by atoms with Gasteiger partial charge in [-0.2, -0.15) is 0 Å². The fraction of sp³-hybridized carbons (Fsp3) is 0.227. The maximum atomic E-state index is 11.2. The lowest BCUT2D eigenvalue weighted by Gasteiger charge is -2.20. The summed E-state index contributed by atoms with van der Waals surface area (Å²) < 4.78 is 0. The van der Waals surface area contributed by atoms with E-state index in [1.54, 1.807) is 6.07 Å². The minimum absolute atomic E-state index is 0.0339. The highest BCUT2D eigenvalue weighted by Gasteiger charge is 2.22.